The summed E-state index contributed by atoms with van der Waals surface area (Å²) in [7, 11) is 1.45. The topological polar surface area (TPSA) is 50.8 Å². The summed E-state index contributed by atoms with van der Waals surface area (Å²) in [5.41, 5.74) is -0.677. The molecule has 1 saturated heterocycles. The summed E-state index contributed by atoms with van der Waals surface area (Å²) < 4.78 is 10.6. The highest BCUT2D eigenvalue weighted by Gasteiger charge is 2.41. The van der Waals surface area contributed by atoms with E-state index in [2.05, 4.69) is 31.0 Å². The Morgan fingerprint density at radius 1 is 1.43 bits per heavy atom. The third-order valence-corrected chi connectivity index (χ3v) is 4.19. The number of carbonyl (C=O) groups is 1. The summed E-state index contributed by atoms with van der Waals surface area (Å²) in [4.78, 5) is 14.7. The largest absolute Gasteiger partial charge is 0.468 e. The standard InChI is InChI=1S/C16H32N2O3/c1-12(2)17-16(6,14(19)20-7)10-13(3)18-8-9-21-11-15(18,4)5/h12-13,17H,8-11H2,1-7H3. The minimum absolute atomic E-state index is 0.00741. The molecule has 2 unspecified atom stereocenters. The monoisotopic (exact) mass is 300 g/mol. The van der Waals surface area contributed by atoms with Crippen molar-refractivity contribution in [2.24, 2.45) is 0 Å². The zero-order valence-corrected chi connectivity index (χ0v) is 14.7. The van der Waals surface area contributed by atoms with Gasteiger partial charge in [-0.25, -0.2) is 0 Å². The molecule has 124 valence electrons. The smallest absolute Gasteiger partial charge is 0.325 e. The van der Waals surface area contributed by atoms with Crippen molar-refractivity contribution in [2.45, 2.75) is 71.1 Å². The fourth-order valence-corrected chi connectivity index (χ4v) is 3.45. The van der Waals surface area contributed by atoms with Crippen LogP contribution in [0.3, 0.4) is 0 Å². The van der Waals surface area contributed by atoms with E-state index in [9.17, 15) is 4.79 Å². The van der Waals surface area contributed by atoms with Gasteiger partial charge in [0.05, 0.1) is 20.3 Å². The normalized spacial score (nSPS) is 23.6. The van der Waals surface area contributed by atoms with Crippen LogP contribution in [-0.2, 0) is 14.3 Å². The molecule has 0 aliphatic carbocycles. The third-order valence-electron chi connectivity index (χ3n) is 4.19. The van der Waals surface area contributed by atoms with Crippen molar-refractivity contribution < 1.29 is 14.3 Å². The van der Waals surface area contributed by atoms with Crippen LogP contribution in [0.1, 0.15) is 48.0 Å². The van der Waals surface area contributed by atoms with E-state index >= 15 is 0 Å². The van der Waals surface area contributed by atoms with Gasteiger partial charge in [0.2, 0.25) is 0 Å². The van der Waals surface area contributed by atoms with Crippen LogP contribution in [0.4, 0.5) is 0 Å². The van der Waals surface area contributed by atoms with Gasteiger partial charge < -0.3 is 9.47 Å². The van der Waals surface area contributed by atoms with Crippen molar-refractivity contribution in [3.05, 3.63) is 0 Å². The number of esters is 1. The molecule has 1 rings (SSSR count). The number of hydrogen-bond donors (Lipinski definition) is 1. The van der Waals surface area contributed by atoms with Gasteiger partial charge in [-0.3, -0.25) is 15.0 Å². The Labute approximate surface area is 129 Å². The first kappa shape index (κ1) is 18.4. The van der Waals surface area contributed by atoms with Crippen LogP contribution in [0.5, 0.6) is 0 Å². The molecular formula is C16H32N2O3. The number of methoxy groups -OCH3 is 1. The number of rotatable bonds is 6. The molecule has 0 aromatic heterocycles. The SMILES string of the molecule is COC(=O)C(C)(CC(C)N1CCOCC1(C)C)NC(C)C. The number of hydrogen-bond acceptors (Lipinski definition) is 5. The van der Waals surface area contributed by atoms with Gasteiger partial charge in [-0.05, 0) is 48.0 Å². The maximum absolute atomic E-state index is 12.2. The minimum atomic E-state index is -0.670. The van der Waals surface area contributed by atoms with Gasteiger partial charge in [-0.1, -0.05) is 0 Å². The molecule has 1 heterocycles. The van der Waals surface area contributed by atoms with E-state index in [1.807, 2.05) is 20.8 Å². The van der Waals surface area contributed by atoms with Gasteiger partial charge >= 0.3 is 5.97 Å². The maximum Gasteiger partial charge on any atom is 0.325 e. The van der Waals surface area contributed by atoms with Gasteiger partial charge in [-0.15, -0.1) is 0 Å². The molecular weight excluding hydrogens is 268 g/mol. The van der Waals surface area contributed by atoms with E-state index in [-0.39, 0.29) is 23.6 Å². The van der Waals surface area contributed by atoms with Gasteiger partial charge in [0.25, 0.3) is 0 Å². The molecule has 0 saturated carbocycles. The predicted octanol–water partition coefficient (Wildman–Crippen LogP) is 1.81. The average molecular weight is 300 g/mol. The molecule has 0 amide bonds. The summed E-state index contributed by atoms with van der Waals surface area (Å²) >= 11 is 0. The van der Waals surface area contributed by atoms with Crippen LogP contribution in [0.25, 0.3) is 0 Å². The number of ether oxygens (including phenoxy) is 2. The fourth-order valence-electron chi connectivity index (χ4n) is 3.45. The first-order valence-electron chi connectivity index (χ1n) is 7.83. The summed E-state index contributed by atoms with van der Waals surface area (Å²) in [5, 5.41) is 3.37. The number of morpholine rings is 1. The van der Waals surface area contributed by atoms with Crippen LogP contribution in [0.15, 0.2) is 0 Å². The first-order valence-corrected chi connectivity index (χ1v) is 7.83. The molecule has 0 bridgehead atoms. The third kappa shape index (κ3) is 4.66. The van der Waals surface area contributed by atoms with Crippen molar-refractivity contribution >= 4 is 5.97 Å². The van der Waals surface area contributed by atoms with Crippen LogP contribution in [0.2, 0.25) is 0 Å². The lowest BCUT2D eigenvalue weighted by atomic mass is 9.89. The van der Waals surface area contributed by atoms with Gasteiger partial charge in [0, 0.05) is 24.2 Å². The summed E-state index contributed by atoms with van der Waals surface area (Å²) in [6, 6.07) is 0.484. The zero-order chi connectivity index (χ0) is 16.3. The Hall–Kier alpha value is -0.650. The molecule has 0 aromatic rings. The van der Waals surface area contributed by atoms with E-state index in [0.717, 1.165) is 19.8 Å². The number of nitrogens with zero attached hydrogens (tertiary/aromatic N) is 1. The lowest BCUT2D eigenvalue weighted by molar-refractivity contribution is -0.150. The number of nitrogens with one attached hydrogen (secondary N) is 1. The van der Waals surface area contributed by atoms with Crippen molar-refractivity contribution in [3.63, 3.8) is 0 Å². The Morgan fingerprint density at radius 3 is 2.52 bits per heavy atom. The van der Waals surface area contributed by atoms with Crippen molar-refractivity contribution in [2.75, 3.05) is 26.9 Å². The van der Waals surface area contributed by atoms with Crippen LogP contribution >= 0.6 is 0 Å². The molecule has 5 heteroatoms. The summed E-state index contributed by atoms with van der Waals surface area (Å²) in [6.45, 7) is 15.0. The average Bonchev–Trinajstić information content (AvgIpc) is 2.35. The van der Waals surface area contributed by atoms with Gasteiger partial charge in [0.15, 0.2) is 0 Å². The molecule has 2 atom stereocenters. The van der Waals surface area contributed by atoms with Crippen molar-refractivity contribution in [1.29, 1.82) is 0 Å². The molecule has 1 aliphatic heterocycles. The first-order chi connectivity index (χ1) is 9.62. The Kier molecular flexibility index (Phi) is 6.20. The zero-order valence-electron chi connectivity index (χ0n) is 14.7. The molecule has 0 aromatic carbocycles. The van der Waals surface area contributed by atoms with E-state index in [0.29, 0.717) is 6.42 Å². The Balaban J connectivity index is 2.84. The molecule has 5 nitrogen and oxygen atoms in total. The van der Waals surface area contributed by atoms with Crippen LogP contribution in [-0.4, -0.2) is 60.9 Å². The highest BCUT2D eigenvalue weighted by molar-refractivity contribution is 5.80. The lowest BCUT2D eigenvalue weighted by Gasteiger charge is -2.47. The Bertz CT molecular complexity index is 357. The second kappa shape index (κ2) is 7.07. The van der Waals surface area contributed by atoms with Crippen LogP contribution in [0, 0.1) is 0 Å². The number of carbonyl (C=O) groups excluding carboxylic acids is 1. The van der Waals surface area contributed by atoms with Crippen molar-refractivity contribution in [1.82, 2.24) is 10.2 Å². The summed E-state index contributed by atoms with van der Waals surface area (Å²) in [6.07, 6.45) is 0.710. The molecule has 1 fully saturated rings. The van der Waals surface area contributed by atoms with E-state index in [1.165, 1.54) is 7.11 Å². The van der Waals surface area contributed by atoms with E-state index in [1.54, 1.807) is 0 Å². The van der Waals surface area contributed by atoms with E-state index in [4.69, 9.17) is 9.47 Å². The minimum Gasteiger partial charge on any atom is -0.468 e. The highest BCUT2D eigenvalue weighted by Crippen LogP contribution is 2.27. The van der Waals surface area contributed by atoms with Gasteiger partial charge in [0.1, 0.15) is 5.54 Å². The molecule has 1 N–H and O–H groups in total. The molecule has 1 aliphatic rings. The highest BCUT2D eigenvalue weighted by atomic mass is 16.5. The second-order valence-electron chi connectivity index (χ2n) is 7.23. The van der Waals surface area contributed by atoms with Crippen molar-refractivity contribution in [3.8, 4) is 0 Å². The molecule has 0 spiro atoms. The second-order valence-corrected chi connectivity index (χ2v) is 7.23. The predicted molar refractivity (Wildman–Crippen MR) is 84.4 cm³/mol. The van der Waals surface area contributed by atoms with Gasteiger partial charge in [-0.2, -0.15) is 0 Å². The molecule has 21 heavy (non-hydrogen) atoms. The summed E-state index contributed by atoms with van der Waals surface area (Å²) in [5.74, 6) is -0.200. The molecule has 0 radical (unpaired) electrons. The maximum atomic E-state index is 12.2. The Morgan fingerprint density at radius 2 is 2.05 bits per heavy atom. The van der Waals surface area contributed by atoms with Crippen LogP contribution < -0.4 is 5.32 Å². The van der Waals surface area contributed by atoms with E-state index < -0.39 is 5.54 Å². The fraction of sp³-hybridized carbons (Fsp3) is 0.938. The lowest BCUT2D eigenvalue weighted by Crippen LogP contribution is -2.61. The quantitative estimate of drug-likeness (QED) is 0.758.